The topological polar surface area (TPSA) is 98.7 Å². The number of anilines is 3. The Morgan fingerprint density at radius 3 is 2.46 bits per heavy atom. The number of nitrogens with zero attached hydrogens (tertiary/aromatic N) is 4. The number of amides is 1. The first-order chi connectivity index (χ1) is 11.7. The zero-order valence-electron chi connectivity index (χ0n) is 12.9. The average Bonchev–Trinajstić information content (AvgIpc) is 2.62. The van der Waals surface area contributed by atoms with Gasteiger partial charge in [0.15, 0.2) is 0 Å². The summed E-state index contributed by atoms with van der Waals surface area (Å²) in [7, 11) is 0. The molecule has 1 aromatic heterocycles. The van der Waals surface area contributed by atoms with Crippen LogP contribution in [0.1, 0.15) is 10.4 Å². The Morgan fingerprint density at radius 1 is 1.12 bits per heavy atom. The van der Waals surface area contributed by atoms with Crippen LogP contribution in [0.3, 0.4) is 0 Å². The van der Waals surface area contributed by atoms with Gasteiger partial charge in [0.25, 0.3) is 0 Å². The summed E-state index contributed by atoms with van der Waals surface area (Å²) in [6.07, 6.45) is 2.35. The fourth-order valence-corrected chi connectivity index (χ4v) is 2.49. The quantitative estimate of drug-likeness (QED) is 0.796. The highest BCUT2D eigenvalue weighted by Gasteiger charge is 2.17. The summed E-state index contributed by atoms with van der Waals surface area (Å²) < 4.78 is 0. The number of carboxylic acid groups (broad SMARTS) is 1. The zero-order chi connectivity index (χ0) is 16.9. The van der Waals surface area contributed by atoms with Gasteiger partial charge >= 0.3 is 5.97 Å². The summed E-state index contributed by atoms with van der Waals surface area (Å²) in [6, 6.07) is 8.28. The number of carbonyl (C=O) groups excluding carboxylic acids is 1. The first-order valence-electron chi connectivity index (χ1n) is 7.52. The largest absolute Gasteiger partial charge is 0.478 e. The second-order valence-electron chi connectivity index (χ2n) is 5.40. The van der Waals surface area contributed by atoms with E-state index in [1.165, 1.54) is 18.5 Å². The molecule has 1 aliphatic heterocycles. The lowest BCUT2D eigenvalue weighted by atomic mass is 10.2. The maximum atomic E-state index is 10.9. The van der Waals surface area contributed by atoms with Gasteiger partial charge in [-0.3, -0.25) is 4.79 Å². The van der Waals surface area contributed by atoms with Crippen molar-refractivity contribution in [1.29, 1.82) is 0 Å². The Balaban J connectivity index is 1.69. The SMILES string of the molecule is O=CN1CCN(c2cc(Nc3ccc(C(=O)O)cc3)ncn2)CC1. The highest BCUT2D eigenvalue weighted by molar-refractivity contribution is 5.88. The van der Waals surface area contributed by atoms with Gasteiger partial charge in [-0.15, -0.1) is 0 Å². The molecule has 8 nitrogen and oxygen atoms in total. The van der Waals surface area contributed by atoms with Crippen LogP contribution in [0.5, 0.6) is 0 Å². The van der Waals surface area contributed by atoms with Crippen molar-refractivity contribution in [1.82, 2.24) is 14.9 Å². The molecule has 0 radical (unpaired) electrons. The van der Waals surface area contributed by atoms with Crippen LogP contribution in [0.25, 0.3) is 0 Å². The number of piperazine rings is 1. The molecule has 3 rings (SSSR count). The molecule has 1 amide bonds. The molecule has 0 atom stereocenters. The van der Waals surface area contributed by atoms with E-state index in [1.54, 1.807) is 17.0 Å². The normalized spacial score (nSPS) is 14.3. The van der Waals surface area contributed by atoms with Crippen LogP contribution in [0, 0.1) is 0 Å². The van der Waals surface area contributed by atoms with E-state index in [2.05, 4.69) is 20.2 Å². The summed E-state index contributed by atoms with van der Waals surface area (Å²) in [4.78, 5) is 33.9. The molecule has 1 aliphatic rings. The monoisotopic (exact) mass is 327 g/mol. The predicted octanol–water partition coefficient (Wildman–Crippen LogP) is 1.20. The van der Waals surface area contributed by atoms with Crippen LogP contribution in [0.2, 0.25) is 0 Å². The van der Waals surface area contributed by atoms with Gasteiger partial charge < -0.3 is 20.2 Å². The van der Waals surface area contributed by atoms with E-state index in [0.29, 0.717) is 18.9 Å². The van der Waals surface area contributed by atoms with E-state index in [-0.39, 0.29) is 5.56 Å². The van der Waals surface area contributed by atoms with Crippen molar-refractivity contribution in [2.24, 2.45) is 0 Å². The molecule has 1 saturated heterocycles. The molecule has 124 valence electrons. The third kappa shape index (κ3) is 3.60. The summed E-state index contributed by atoms with van der Waals surface area (Å²) in [5, 5.41) is 12.0. The smallest absolute Gasteiger partial charge is 0.335 e. The molecule has 2 heterocycles. The third-order valence-corrected chi connectivity index (χ3v) is 3.84. The van der Waals surface area contributed by atoms with E-state index >= 15 is 0 Å². The number of hydrogen-bond donors (Lipinski definition) is 2. The van der Waals surface area contributed by atoms with Crippen LogP contribution >= 0.6 is 0 Å². The molecule has 0 bridgehead atoms. The van der Waals surface area contributed by atoms with Crippen molar-refractivity contribution in [3.63, 3.8) is 0 Å². The van der Waals surface area contributed by atoms with Crippen molar-refractivity contribution in [3.05, 3.63) is 42.2 Å². The highest BCUT2D eigenvalue weighted by atomic mass is 16.4. The van der Waals surface area contributed by atoms with E-state index in [1.807, 2.05) is 6.07 Å². The van der Waals surface area contributed by atoms with Gasteiger partial charge in [0.1, 0.15) is 18.0 Å². The Morgan fingerprint density at radius 2 is 1.83 bits per heavy atom. The van der Waals surface area contributed by atoms with Gasteiger partial charge in [-0.25, -0.2) is 14.8 Å². The van der Waals surface area contributed by atoms with Gasteiger partial charge in [0.2, 0.25) is 6.41 Å². The number of rotatable bonds is 5. The van der Waals surface area contributed by atoms with Gasteiger partial charge in [-0.2, -0.15) is 0 Å². The molecule has 8 heteroatoms. The van der Waals surface area contributed by atoms with Crippen molar-refractivity contribution in [2.45, 2.75) is 0 Å². The molecular formula is C16H17N5O3. The van der Waals surface area contributed by atoms with Crippen LogP contribution < -0.4 is 10.2 Å². The number of benzene rings is 1. The lowest BCUT2D eigenvalue weighted by molar-refractivity contribution is -0.118. The molecule has 0 unspecified atom stereocenters. The Hall–Kier alpha value is -3.16. The zero-order valence-corrected chi connectivity index (χ0v) is 12.9. The van der Waals surface area contributed by atoms with E-state index in [0.717, 1.165) is 31.0 Å². The summed E-state index contributed by atoms with van der Waals surface area (Å²) in [5.41, 5.74) is 0.979. The standard InChI is InChI=1S/C16H17N5O3/c22-11-20-5-7-21(8-6-20)15-9-14(17-10-18-15)19-13-3-1-12(2-4-13)16(23)24/h1-4,9-11H,5-8H2,(H,23,24)(H,17,18,19). The van der Waals surface area contributed by atoms with Gasteiger partial charge in [0.05, 0.1) is 5.56 Å². The molecule has 0 saturated carbocycles. The number of nitrogens with one attached hydrogen (secondary N) is 1. The van der Waals surface area contributed by atoms with Crippen molar-refractivity contribution < 1.29 is 14.7 Å². The number of aromatic nitrogens is 2. The van der Waals surface area contributed by atoms with Crippen molar-refractivity contribution in [2.75, 3.05) is 36.4 Å². The molecule has 1 fully saturated rings. The van der Waals surface area contributed by atoms with Gasteiger partial charge in [-0.05, 0) is 24.3 Å². The summed E-state index contributed by atoms with van der Waals surface area (Å²) >= 11 is 0. The molecular weight excluding hydrogens is 310 g/mol. The number of carbonyl (C=O) groups is 2. The van der Waals surface area contributed by atoms with Crippen LogP contribution in [0.4, 0.5) is 17.3 Å². The lowest BCUT2D eigenvalue weighted by Gasteiger charge is -2.33. The minimum Gasteiger partial charge on any atom is -0.478 e. The lowest BCUT2D eigenvalue weighted by Crippen LogP contribution is -2.46. The van der Waals surface area contributed by atoms with E-state index in [9.17, 15) is 9.59 Å². The van der Waals surface area contributed by atoms with Crippen molar-refractivity contribution in [3.8, 4) is 0 Å². The van der Waals surface area contributed by atoms with Crippen LogP contribution in [-0.2, 0) is 4.79 Å². The average molecular weight is 327 g/mol. The Labute approximate surface area is 138 Å². The molecule has 2 N–H and O–H groups in total. The van der Waals surface area contributed by atoms with Crippen LogP contribution in [-0.4, -0.2) is 58.5 Å². The maximum absolute atomic E-state index is 10.9. The minimum atomic E-state index is -0.958. The minimum absolute atomic E-state index is 0.233. The van der Waals surface area contributed by atoms with E-state index in [4.69, 9.17) is 5.11 Å². The summed E-state index contributed by atoms with van der Waals surface area (Å²) in [6.45, 7) is 2.80. The molecule has 0 aliphatic carbocycles. The first kappa shape index (κ1) is 15.7. The third-order valence-electron chi connectivity index (χ3n) is 3.84. The second-order valence-corrected chi connectivity index (χ2v) is 5.40. The first-order valence-corrected chi connectivity index (χ1v) is 7.52. The number of hydrogen-bond acceptors (Lipinski definition) is 6. The second kappa shape index (κ2) is 6.95. The van der Waals surface area contributed by atoms with Gasteiger partial charge in [0, 0.05) is 37.9 Å². The number of aromatic carboxylic acids is 1. The highest BCUT2D eigenvalue weighted by Crippen LogP contribution is 2.20. The molecule has 2 aromatic rings. The summed E-state index contributed by atoms with van der Waals surface area (Å²) in [5.74, 6) is 0.460. The van der Waals surface area contributed by atoms with Gasteiger partial charge in [-0.1, -0.05) is 0 Å². The molecule has 1 aromatic carbocycles. The Kier molecular flexibility index (Phi) is 4.55. The molecule has 24 heavy (non-hydrogen) atoms. The van der Waals surface area contributed by atoms with Crippen LogP contribution in [0.15, 0.2) is 36.7 Å². The Bertz CT molecular complexity index is 727. The van der Waals surface area contributed by atoms with E-state index < -0.39 is 5.97 Å². The molecule has 0 spiro atoms. The fraction of sp³-hybridized carbons (Fsp3) is 0.250. The fourth-order valence-electron chi connectivity index (χ4n) is 2.49. The maximum Gasteiger partial charge on any atom is 0.335 e. The number of carboxylic acids is 1. The van der Waals surface area contributed by atoms with Crippen molar-refractivity contribution >= 4 is 29.7 Å². The predicted molar refractivity (Wildman–Crippen MR) is 88.6 cm³/mol.